The topological polar surface area (TPSA) is 121 Å². The van der Waals surface area contributed by atoms with Crippen LogP contribution in [0, 0.1) is 0 Å². The number of nitrogens with one attached hydrogen (secondary N) is 2. The Morgan fingerprint density at radius 3 is 2.45 bits per heavy atom. The lowest BCUT2D eigenvalue weighted by Crippen LogP contribution is -2.45. The number of aliphatic hydroxyl groups excluding tert-OH is 1. The number of β-amino-alcohol motifs (C(OH)–C–C–N with tert-alkyl or cyclic N) is 1. The van der Waals surface area contributed by atoms with Crippen molar-refractivity contribution in [1.29, 1.82) is 0 Å². The predicted molar refractivity (Wildman–Crippen MR) is 150 cm³/mol. The number of hydrogen-bond acceptors (Lipinski definition) is 7. The second kappa shape index (κ2) is 12.9. The molecule has 0 spiro atoms. The van der Waals surface area contributed by atoms with Gasteiger partial charge in [0.15, 0.2) is 0 Å². The molecule has 3 aromatic rings. The minimum Gasteiger partial charge on any atom is -0.487 e. The van der Waals surface area contributed by atoms with E-state index in [1.165, 1.54) is 6.92 Å². The first-order valence-corrected chi connectivity index (χ1v) is 14.2. The number of aromatic nitrogens is 1. The molecule has 3 N–H and O–H groups in total. The highest BCUT2D eigenvalue weighted by atomic mass is 32.2. The van der Waals surface area contributed by atoms with Gasteiger partial charge in [-0.1, -0.05) is 42.5 Å². The van der Waals surface area contributed by atoms with Crippen LogP contribution < -0.4 is 19.7 Å². The Morgan fingerprint density at radius 2 is 1.82 bits per heavy atom. The number of carbonyl (C=O) groups excluding carboxylic acids is 1. The van der Waals surface area contributed by atoms with Crippen LogP contribution in [0.4, 0.5) is 11.5 Å². The number of aliphatic hydroxyl groups is 1. The van der Waals surface area contributed by atoms with E-state index in [9.17, 15) is 18.3 Å². The molecule has 2 aromatic carbocycles. The minimum absolute atomic E-state index is 0.0972. The number of amides is 1. The molecular weight excluding hydrogens is 504 g/mol. The van der Waals surface area contributed by atoms with E-state index < -0.39 is 21.7 Å². The molecule has 0 aliphatic carbocycles. The maximum atomic E-state index is 12.2. The number of hydrogen-bond donors (Lipinski definition) is 3. The van der Waals surface area contributed by atoms with E-state index in [1.54, 1.807) is 41.4 Å². The zero-order valence-electron chi connectivity index (χ0n) is 22.2. The van der Waals surface area contributed by atoms with Gasteiger partial charge in [-0.2, -0.15) is 0 Å². The average molecular weight is 541 g/mol. The molecule has 204 valence electrons. The number of ether oxygens (including phenoxy) is 1. The van der Waals surface area contributed by atoms with E-state index in [1.807, 2.05) is 50.2 Å². The Kier molecular flexibility index (Phi) is 9.84. The highest BCUT2D eigenvalue weighted by Crippen LogP contribution is 2.30. The largest absolute Gasteiger partial charge is 0.487 e. The first-order valence-electron chi connectivity index (χ1n) is 12.3. The second-order valence-corrected chi connectivity index (χ2v) is 11.5. The number of benzene rings is 2. The summed E-state index contributed by atoms with van der Waals surface area (Å²) in [6, 6.07) is 19.9. The van der Waals surface area contributed by atoms with Crippen molar-refractivity contribution in [2.75, 3.05) is 29.0 Å². The molecule has 0 aliphatic heterocycles. The van der Waals surface area contributed by atoms with E-state index in [2.05, 4.69) is 15.0 Å². The Labute approximate surface area is 224 Å². The van der Waals surface area contributed by atoms with Crippen molar-refractivity contribution in [3.8, 4) is 5.75 Å². The molecule has 1 amide bonds. The lowest BCUT2D eigenvalue weighted by Gasteiger charge is -2.31. The molecule has 1 unspecified atom stereocenters. The molecule has 0 aliphatic rings. The Hall–Kier alpha value is -3.47. The Bertz CT molecular complexity index is 1300. The lowest BCUT2D eigenvalue weighted by atomic mass is 9.99. The summed E-state index contributed by atoms with van der Waals surface area (Å²) < 4.78 is 32.3. The summed E-state index contributed by atoms with van der Waals surface area (Å²) in [6.07, 6.45) is 2.42. The molecule has 0 bridgehead atoms. The van der Waals surface area contributed by atoms with Gasteiger partial charge in [0.2, 0.25) is 15.9 Å². The maximum absolute atomic E-state index is 12.2. The third kappa shape index (κ3) is 9.13. The SMILES string of the molecule is CC(=O)N(CCC(C)(C)NCC(O)c1ccc(OCc2ccccc2)c(NS(C)(=O)=O)c1)c1ccccn1. The van der Waals surface area contributed by atoms with Crippen molar-refractivity contribution >= 4 is 27.4 Å². The van der Waals surface area contributed by atoms with Crippen LogP contribution in [0.5, 0.6) is 5.75 Å². The normalized spacial score (nSPS) is 12.6. The maximum Gasteiger partial charge on any atom is 0.229 e. The van der Waals surface area contributed by atoms with Gasteiger partial charge in [-0.3, -0.25) is 14.4 Å². The summed E-state index contributed by atoms with van der Waals surface area (Å²) in [4.78, 5) is 18.1. The fourth-order valence-electron chi connectivity index (χ4n) is 3.81. The van der Waals surface area contributed by atoms with Crippen LogP contribution in [0.2, 0.25) is 0 Å². The van der Waals surface area contributed by atoms with Crippen molar-refractivity contribution < 1.29 is 23.1 Å². The smallest absolute Gasteiger partial charge is 0.229 e. The summed E-state index contributed by atoms with van der Waals surface area (Å²) in [5, 5.41) is 14.2. The van der Waals surface area contributed by atoms with Crippen molar-refractivity contribution in [1.82, 2.24) is 10.3 Å². The van der Waals surface area contributed by atoms with Crippen LogP contribution in [-0.2, 0) is 21.4 Å². The highest BCUT2D eigenvalue weighted by Gasteiger charge is 2.23. The Balaban J connectivity index is 1.65. The molecule has 38 heavy (non-hydrogen) atoms. The summed E-state index contributed by atoms with van der Waals surface area (Å²) >= 11 is 0. The number of pyridine rings is 1. The van der Waals surface area contributed by atoms with Gasteiger partial charge in [-0.25, -0.2) is 13.4 Å². The quantitative estimate of drug-likeness (QED) is 0.301. The molecule has 3 rings (SSSR count). The van der Waals surface area contributed by atoms with Gasteiger partial charge in [0.1, 0.15) is 18.2 Å². The van der Waals surface area contributed by atoms with Crippen LogP contribution in [0.25, 0.3) is 0 Å². The second-order valence-electron chi connectivity index (χ2n) is 9.79. The zero-order chi connectivity index (χ0) is 27.8. The van der Waals surface area contributed by atoms with Crippen molar-refractivity contribution in [2.45, 2.75) is 45.4 Å². The van der Waals surface area contributed by atoms with Crippen LogP contribution >= 0.6 is 0 Å². The van der Waals surface area contributed by atoms with Gasteiger partial charge in [-0.15, -0.1) is 0 Å². The van der Waals surface area contributed by atoms with E-state index >= 15 is 0 Å². The number of carbonyl (C=O) groups is 1. The molecule has 9 nitrogen and oxygen atoms in total. The Morgan fingerprint density at radius 1 is 1.11 bits per heavy atom. The van der Waals surface area contributed by atoms with E-state index in [-0.39, 0.29) is 24.7 Å². The van der Waals surface area contributed by atoms with Gasteiger partial charge >= 0.3 is 0 Å². The van der Waals surface area contributed by atoms with Gasteiger partial charge in [0.05, 0.1) is 18.0 Å². The fraction of sp³-hybridized carbons (Fsp3) is 0.357. The monoisotopic (exact) mass is 540 g/mol. The van der Waals surface area contributed by atoms with Crippen LogP contribution in [0.3, 0.4) is 0 Å². The van der Waals surface area contributed by atoms with E-state index in [0.717, 1.165) is 11.8 Å². The third-order valence-electron chi connectivity index (χ3n) is 5.96. The molecule has 0 saturated heterocycles. The molecule has 0 fully saturated rings. The standard InChI is InChI=1S/C28H36N4O5S/c1-21(33)32(27-12-8-9-16-29-27)17-15-28(2,3)30-19-25(34)23-13-14-26(24(18-23)31-38(4,35)36)37-20-22-10-6-5-7-11-22/h5-14,16,18,25,30-31,34H,15,17,19-20H2,1-4H3. The first kappa shape index (κ1) is 29.1. The van der Waals surface area contributed by atoms with Gasteiger partial charge in [0.25, 0.3) is 0 Å². The van der Waals surface area contributed by atoms with Crippen LogP contribution in [-0.4, -0.2) is 49.3 Å². The van der Waals surface area contributed by atoms with Gasteiger partial charge < -0.3 is 15.2 Å². The average Bonchev–Trinajstić information content (AvgIpc) is 2.87. The van der Waals surface area contributed by atoms with E-state index in [0.29, 0.717) is 30.1 Å². The van der Waals surface area contributed by atoms with Gasteiger partial charge in [-0.05, 0) is 55.7 Å². The number of rotatable bonds is 13. The number of anilines is 2. The summed E-state index contributed by atoms with van der Waals surface area (Å²) in [6.45, 7) is 6.44. The summed E-state index contributed by atoms with van der Waals surface area (Å²) in [5.74, 6) is 0.860. The number of nitrogens with zero attached hydrogens (tertiary/aromatic N) is 2. The first-order chi connectivity index (χ1) is 17.9. The zero-order valence-corrected chi connectivity index (χ0v) is 23.0. The van der Waals surface area contributed by atoms with Crippen molar-refractivity contribution in [3.63, 3.8) is 0 Å². The van der Waals surface area contributed by atoms with Crippen LogP contribution in [0.1, 0.15) is 44.4 Å². The molecule has 1 aromatic heterocycles. The molecule has 1 atom stereocenters. The lowest BCUT2D eigenvalue weighted by molar-refractivity contribution is -0.116. The minimum atomic E-state index is -3.57. The molecule has 0 saturated carbocycles. The molecule has 1 heterocycles. The third-order valence-corrected chi connectivity index (χ3v) is 6.55. The summed E-state index contributed by atoms with van der Waals surface area (Å²) in [7, 11) is -3.57. The van der Waals surface area contributed by atoms with Gasteiger partial charge in [0, 0.05) is 31.7 Å². The number of sulfonamides is 1. The highest BCUT2D eigenvalue weighted by molar-refractivity contribution is 7.92. The predicted octanol–water partition coefficient (Wildman–Crippen LogP) is 3.88. The van der Waals surface area contributed by atoms with Crippen LogP contribution in [0.15, 0.2) is 72.9 Å². The molecule has 10 heteroatoms. The van der Waals surface area contributed by atoms with E-state index in [4.69, 9.17) is 4.74 Å². The summed E-state index contributed by atoms with van der Waals surface area (Å²) in [5.41, 5.74) is 1.33. The van der Waals surface area contributed by atoms with Crippen molar-refractivity contribution in [2.24, 2.45) is 0 Å². The fourth-order valence-corrected chi connectivity index (χ4v) is 4.37. The molecule has 0 radical (unpaired) electrons. The molecular formula is C28H36N4O5S. The van der Waals surface area contributed by atoms with Crippen molar-refractivity contribution in [3.05, 3.63) is 84.1 Å².